The summed E-state index contributed by atoms with van der Waals surface area (Å²) in [5, 5.41) is 3.85. The van der Waals surface area contributed by atoms with Crippen LogP contribution in [0.4, 0.5) is 0 Å². The summed E-state index contributed by atoms with van der Waals surface area (Å²) in [6, 6.07) is 8.77. The highest BCUT2D eigenvalue weighted by Crippen LogP contribution is 2.41. The fourth-order valence-electron chi connectivity index (χ4n) is 2.03. The predicted molar refractivity (Wildman–Crippen MR) is 58.4 cm³/mol. The molecule has 0 bridgehead atoms. The first-order valence-electron chi connectivity index (χ1n) is 4.91. The Balaban J connectivity index is 2.17. The van der Waals surface area contributed by atoms with E-state index in [0.717, 1.165) is 5.92 Å². The van der Waals surface area contributed by atoms with Crippen LogP contribution in [0.15, 0.2) is 29.6 Å². The minimum absolute atomic E-state index is 0.871. The number of benzene rings is 1. The van der Waals surface area contributed by atoms with Crippen molar-refractivity contribution in [2.24, 2.45) is 0 Å². The second kappa shape index (κ2) is 2.85. The van der Waals surface area contributed by atoms with Gasteiger partial charge in [0.2, 0.25) is 0 Å². The summed E-state index contributed by atoms with van der Waals surface area (Å²) in [5.74, 6) is 0.871. The molecule has 1 aromatic heterocycles. The Bertz CT molecular complexity index is 423. The Morgan fingerprint density at radius 3 is 2.77 bits per heavy atom. The van der Waals surface area contributed by atoms with E-state index in [4.69, 9.17) is 0 Å². The van der Waals surface area contributed by atoms with Gasteiger partial charge in [-0.2, -0.15) is 0 Å². The molecule has 0 spiro atoms. The zero-order chi connectivity index (χ0) is 8.67. The van der Waals surface area contributed by atoms with Gasteiger partial charge in [0.25, 0.3) is 0 Å². The van der Waals surface area contributed by atoms with Gasteiger partial charge in [-0.1, -0.05) is 24.6 Å². The lowest BCUT2D eigenvalue weighted by molar-refractivity contribution is 0.423. The van der Waals surface area contributed by atoms with E-state index in [-0.39, 0.29) is 0 Å². The lowest BCUT2D eigenvalue weighted by Crippen LogP contribution is -2.07. The van der Waals surface area contributed by atoms with Gasteiger partial charge in [0, 0.05) is 4.70 Å². The molecule has 0 aliphatic heterocycles. The lowest BCUT2D eigenvalue weighted by Gasteiger charge is -2.24. The van der Waals surface area contributed by atoms with Crippen molar-refractivity contribution < 1.29 is 0 Å². The average molecular weight is 188 g/mol. The number of rotatable bonds is 1. The fraction of sp³-hybridized carbons (Fsp3) is 0.333. The molecule has 0 unspecified atom stereocenters. The van der Waals surface area contributed by atoms with Crippen molar-refractivity contribution in [3.63, 3.8) is 0 Å². The zero-order valence-electron chi connectivity index (χ0n) is 7.49. The molecule has 1 aliphatic carbocycles. The minimum Gasteiger partial charge on any atom is -0.144 e. The van der Waals surface area contributed by atoms with E-state index in [9.17, 15) is 0 Å². The van der Waals surface area contributed by atoms with Crippen molar-refractivity contribution in [2.75, 3.05) is 0 Å². The van der Waals surface area contributed by atoms with Gasteiger partial charge in [0.1, 0.15) is 0 Å². The Hall–Kier alpha value is -0.820. The molecule has 1 fully saturated rings. The van der Waals surface area contributed by atoms with Gasteiger partial charge in [0.05, 0.1) is 0 Å². The molecule has 1 aliphatic rings. The summed E-state index contributed by atoms with van der Waals surface area (Å²) < 4.78 is 1.45. The van der Waals surface area contributed by atoms with Gasteiger partial charge in [-0.05, 0) is 41.2 Å². The van der Waals surface area contributed by atoms with Gasteiger partial charge in [-0.25, -0.2) is 0 Å². The van der Waals surface area contributed by atoms with E-state index < -0.39 is 0 Å². The lowest BCUT2D eigenvalue weighted by atomic mass is 9.80. The van der Waals surface area contributed by atoms with Crippen molar-refractivity contribution in [3.8, 4) is 0 Å². The van der Waals surface area contributed by atoms with Crippen molar-refractivity contribution in [1.82, 2.24) is 0 Å². The fourth-order valence-corrected chi connectivity index (χ4v) is 3.08. The molecule has 0 atom stereocenters. The van der Waals surface area contributed by atoms with Gasteiger partial charge < -0.3 is 0 Å². The highest BCUT2D eigenvalue weighted by Gasteiger charge is 2.21. The maximum atomic E-state index is 2.36. The van der Waals surface area contributed by atoms with Gasteiger partial charge in [0.15, 0.2) is 0 Å². The van der Waals surface area contributed by atoms with Crippen LogP contribution in [0.1, 0.15) is 30.7 Å². The summed E-state index contributed by atoms with van der Waals surface area (Å²) >= 11 is 1.89. The van der Waals surface area contributed by atoms with E-state index in [2.05, 4.69) is 29.6 Å². The van der Waals surface area contributed by atoms with Crippen LogP contribution in [0.2, 0.25) is 0 Å². The summed E-state index contributed by atoms with van der Waals surface area (Å²) in [5.41, 5.74) is 1.60. The van der Waals surface area contributed by atoms with Crippen LogP contribution in [0.3, 0.4) is 0 Å². The molecular formula is C12H12S. The minimum atomic E-state index is 0.871. The van der Waals surface area contributed by atoms with Crippen LogP contribution in [0, 0.1) is 0 Å². The zero-order valence-corrected chi connectivity index (χ0v) is 8.31. The third-order valence-corrected chi connectivity index (χ3v) is 4.04. The van der Waals surface area contributed by atoms with E-state index in [1.165, 1.54) is 29.3 Å². The Labute approximate surface area is 82.2 Å². The average Bonchev–Trinajstić information content (AvgIpc) is 2.47. The van der Waals surface area contributed by atoms with Crippen LogP contribution in [-0.4, -0.2) is 0 Å². The van der Waals surface area contributed by atoms with Crippen LogP contribution < -0.4 is 0 Å². The molecule has 2 aromatic rings. The second-order valence-electron chi connectivity index (χ2n) is 3.82. The first-order chi connectivity index (χ1) is 6.45. The third-order valence-electron chi connectivity index (χ3n) is 3.06. The van der Waals surface area contributed by atoms with E-state index in [1.807, 2.05) is 11.3 Å². The quantitative estimate of drug-likeness (QED) is 0.630. The number of fused-ring (bicyclic) bond motifs is 1. The van der Waals surface area contributed by atoms with Crippen molar-refractivity contribution in [3.05, 3.63) is 35.2 Å². The first kappa shape index (κ1) is 7.57. The molecule has 0 saturated heterocycles. The molecule has 0 nitrogen and oxygen atoms in total. The molecular weight excluding hydrogens is 176 g/mol. The molecule has 66 valence electrons. The van der Waals surface area contributed by atoms with Crippen LogP contribution in [0.5, 0.6) is 0 Å². The Morgan fingerprint density at radius 1 is 1.15 bits per heavy atom. The third kappa shape index (κ3) is 1.11. The highest BCUT2D eigenvalue weighted by molar-refractivity contribution is 7.17. The van der Waals surface area contributed by atoms with E-state index in [1.54, 1.807) is 5.56 Å². The number of hydrogen-bond acceptors (Lipinski definition) is 1. The first-order valence-corrected chi connectivity index (χ1v) is 5.79. The summed E-state index contributed by atoms with van der Waals surface area (Å²) in [7, 11) is 0. The summed E-state index contributed by atoms with van der Waals surface area (Å²) in [6.07, 6.45) is 4.23. The standard InChI is InChI=1S/C12H12S/c1-2-7-12-10(6-1)11(8-13-12)9-4-3-5-9/h1-2,6-9H,3-5H2. The maximum absolute atomic E-state index is 2.36. The molecule has 1 heteroatoms. The van der Waals surface area contributed by atoms with E-state index in [0.29, 0.717) is 0 Å². The number of thiophene rings is 1. The Kier molecular flexibility index (Phi) is 1.66. The van der Waals surface area contributed by atoms with Gasteiger partial charge in [-0.15, -0.1) is 11.3 Å². The van der Waals surface area contributed by atoms with Crippen molar-refractivity contribution in [2.45, 2.75) is 25.2 Å². The van der Waals surface area contributed by atoms with Crippen LogP contribution in [0.25, 0.3) is 10.1 Å². The van der Waals surface area contributed by atoms with Gasteiger partial charge in [-0.3, -0.25) is 0 Å². The molecule has 0 radical (unpaired) electrons. The summed E-state index contributed by atoms with van der Waals surface area (Å²) in [6.45, 7) is 0. The van der Waals surface area contributed by atoms with Gasteiger partial charge >= 0.3 is 0 Å². The molecule has 1 heterocycles. The maximum Gasteiger partial charge on any atom is 0.0345 e. The van der Waals surface area contributed by atoms with E-state index >= 15 is 0 Å². The molecule has 13 heavy (non-hydrogen) atoms. The second-order valence-corrected chi connectivity index (χ2v) is 4.73. The van der Waals surface area contributed by atoms with Crippen LogP contribution in [-0.2, 0) is 0 Å². The molecule has 0 amide bonds. The molecule has 3 rings (SSSR count). The smallest absolute Gasteiger partial charge is 0.0345 e. The SMILES string of the molecule is c1ccc2c(C3CCC3)csc2c1. The molecule has 1 saturated carbocycles. The largest absolute Gasteiger partial charge is 0.144 e. The van der Waals surface area contributed by atoms with Crippen molar-refractivity contribution in [1.29, 1.82) is 0 Å². The Morgan fingerprint density at radius 2 is 2.00 bits per heavy atom. The monoisotopic (exact) mass is 188 g/mol. The normalized spacial score (nSPS) is 17.5. The summed E-state index contributed by atoms with van der Waals surface area (Å²) in [4.78, 5) is 0. The topological polar surface area (TPSA) is 0 Å². The van der Waals surface area contributed by atoms with Crippen molar-refractivity contribution >= 4 is 21.4 Å². The predicted octanol–water partition coefficient (Wildman–Crippen LogP) is 4.17. The van der Waals surface area contributed by atoms with Crippen LogP contribution >= 0.6 is 11.3 Å². The molecule has 1 aromatic carbocycles. The number of hydrogen-bond donors (Lipinski definition) is 0. The molecule has 0 N–H and O–H groups in total. The highest BCUT2D eigenvalue weighted by atomic mass is 32.1.